The molecule has 0 spiro atoms. The molecule has 5 heterocycles. The molecule has 1 atom stereocenters. The number of nitrogens with zero attached hydrogens (tertiary/aromatic N) is 6. The van der Waals surface area contributed by atoms with Gasteiger partial charge in [0, 0.05) is 37.6 Å². The molecular weight excluding hydrogens is 530 g/mol. The van der Waals surface area contributed by atoms with Crippen molar-refractivity contribution in [1.29, 1.82) is 0 Å². The second-order valence-electron chi connectivity index (χ2n) is 9.47. The van der Waals surface area contributed by atoms with Crippen LogP contribution in [0.2, 0.25) is 0 Å². The van der Waals surface area contributed by atoms with Gasteiger partial charge in [0.05, 0.1) is 22.5 Å². The van der Waals surface area contributed by atoms with E-state index in [0.29, 0.717) is 19.0 Å². The van der Waals surface area contributed by atoms with Crippen LogP contribution in [0.5, 0.6) is 0 Å². The molecule has 2 aliphatic rings. The van der Waals surface area contributed by atoms with E-state index < -0.39 is 42.1 Å². The fourth-order valence-electron chi connectivity index (χ4n) is 5.08. The van der Waals surface area contributed by atoms with E-state index in [1.807, 2.05) is 0 Å². The minimum atomic E-state index is -4.60. The van der Waals surface area contributed by atoms with Crippen LogP contribution >= 0.6 is 0 Å². The number of pyridine rings is 1. The van der Waals surface area contributed by atoms with E-state index in [2.05, 4.69) is 30.2 Å². The highest BCUT2D eigenvalue weighted by atomic mass is 19.4. The van der Waals surface area contributed by atoms with Crippen molar-refractivity contribution in [3.8, 4) is 11.5 Å². The van der Waals surface area contributed by atoms with Gasteiger partial charge in [-0.1, -0.05) is 0 Å². The van der Waals surface area contributed by atoms with Crippen LogP contribution in [0.15, 0.2) is 36.9 Å². The van der Waals surface area contributed by atoms with Gasteiger partial charge in [0.25, 0.3) is 0 Å². The predicted octanol–water partition coefficient (Wildman–Crippen LogP) is 4.33. The first-order valence-electron chi connectivity index (χ1n) is 11.8. The number of aromatic nitrogens is 6. The van der Waals surface area contributed by atoms with Crippen molar-refractivity contribution in [3.05, 3.63) is 59.4 Å². The third kappa shape index (κ3) is 4.12. The Morgan fingerprint density at radius 1 is 1.08 bits per heavy atom. The Kier molecular flexibility index (Phi) is 5.35. The molecule has 202 valence electrons. The predicted molar refractivity (Wildman–Crippen MR) is 124 cm³/mol. The highest BCUT2D eigenvalue weighted by Crippen LogP contribution is 2.57. The normalized spacial score (nSPS) is 19.4. The van der Waals surface area contributed by atoms with Crippen LogP contribution < -0.4 is 11.1 Å². The van der Waals surface area contributed by atoms with E-state index in [1.165, 1.54) is 23.0 Å². The van der Waals surface area contributed by atoms with E-state index in [4.69, 9.17) is 5.73 Å². The summed E-state index contributed by atoms with van der Waals surface area (Å²) in [6.07, 6.45) is -4.24. The number of carbonyl (C=O) groups is 1. The lowest BCUT2D eigenvalue weighted by Crippen LogP contribution is -2.39. The summed E-state index contributed by atoms with van der Waals surface area (Å²) in [5, 5.41) is 2.67. The number of alkyl halides is 6. The molecule has 4 aromatic heterocycles. The van der Waals surface area contributed by atoms with Crippen LogP contribution in [0.25, 0.3) is 17.2 Å². The minimum absolute atomic E-state index is 0.0421. The Labute approximate surface area is 215 Å². The Hall–Kier alpha value is -4.30. The Morgan fingerprint density at radius 3 is 2.49 bits per heavy atom. The summed E-state index contributed by atoms with van der Waals surface area (Å²) in [6, 6.07) is 2.01. The molecular formula is C24H18F6N8O. The molecule has 1 aliphatic heterocycles. The second kappa shape index (κ2) is 8.35. The summed E-state index contributed by atoms with van der Waals surface area (Å²) in [6.45, 7) is 0. The van der Waals surface area contributed by atoms with E-state index in [1.54, 1.807) is 0 Å². The maximum atomic E-state index is 13.5. The van der Waals surface area contributed by atoms with Gasteiger partial charge >= 0.3 is 12.4 Å². The lowest BCUT2D eigenvalue weighted by molar-refractivity contribution is -0.138. The number of amides is 1. The number of hydrogen-bond acceptors (Lipinski definition) is 7. The molecule has 0 saturated heterocycles. The van der Waals surface area contributed by atoms with Gasteiger partial charge in [-0.15, -0.1) is 0 Å². The van der Waals surface area contributed by atoms with Crippen LogP contribution in [0.4, 0.5) is 38.0 Å². The molecule has 6 rings (SSSR count). The fourth-order valence-corrected chi connectivity index (χ4v) is 5.08. The third-order valence-corrected chi connectivity index (χ3v) is 6.92. The Morgan fingerprint density at radius 2 is 1.85 bits per heavy atom. The minimum Gasteiger partial charge on any atom is -0.383 e. The van der Waals surface area contributed by atoms with Crippen molar-refractivity contribution in [2.75, 3.05) is 11.1 Å². The topological polar surface area (TPSA) is 124 Å². The van der Waals surface area contributed by atoms with Crippen LogP contribution in [0.3, 0.4) is 0 Å². The molecule has 39 heavy (non-hydrogen) atoms. The van der Waals surface area contributed by atoms with Gasteiger partial charge < -0.3 is 15.5 Å². The zero-order valence-corrected chi connectivity index (χ0v) is 19.8. The maximum Gasteiger partial charge on any atom is 0.417 e. The van der Waals surface area contributed by atoms with Gasteiger partial charge in [-0.3, -0.25) is 9.78 Å². The fraction of sp³-hybridized carbons (Fsp3) is 0.333. The number of fused-ring (bicyclic) bond motifs is 2. The summed E-state index contributed by atoms with van der Waals surface area (Å²) in [7, 11) is 0. The number of anilines is 2. The summed E-state index contributed by atoms with van der Waals surface area (Å²) in [5.74, 6) is -0.961. The SMILES string of the molecule is Nc1nc(-c2cn3ccnc3c(CCC(F)(F)F)n2)nc2c1C(c1ccc(C(F)(F)F)cn1)(C1CC1)C(=O)N2. The number of carbonyl (C=O) groups excluding carboxylic acids is 1. The maximum absolute atomic E-state index is 13.5. The zero-order chi connectivity index (χ0) is 27.7. The number of aryl methyl sites for hydroxylation is 1. The number of rotatable bonds is 5. The zero-order valence-electron chi connectivity index (χ0n) is 19.8. The molecule has 9 nitrogen and oxygen atoms in total. The van der Waals surface area contributed by atoms with E-state index in [-0.39, 0.29) is 51.7 Å². The van der Waals surface area contributed by atoms with Gasteiger partial charge in [-0.25, -0.2) is 19.9 Å². The average molecular weight is 548 g/mol. The van der Waals surface area contributed by atoms with E-state index >= 15 is 0 Å². The standard InChI is InChI=1S/C24H18F6N8O/c25-22(26,27)6-5-13-20-32-7-8-38(20)10-14(34-13)18-35-17(31)16-19(36-18)37-21(39)23(16,11-1-2-11)15-4-3-12(9-33-15)24(28,29)30/h3-4,7-11H,1-2,5-6H2,(H3,31,35,36,37,39). The van der Waals surface area contributed by atoms with Gasteiger partial charge in [0.15, 0.2) is 11.5 Å². The summed E-state index contributed by atoms with van der Waals surface area (Å²) in [4.78, 5) is 34.6. The lowest BCUT2D eigenvalue weighted by atomic mass is 9.74. The smallest absolute Gasteiger partial charge is 0.383 e. The highest BCUT2D eigenvalue weighted by Gasteiger charge is 2.60. The van der Waals surface area contributed by atoms with Crippen LogP contribution in [0.1, 0.15) is 41.8 Å². The van der Waals surface area contributed by atoms with Gasteiger partial charge in [0.2, 0.25) is 5.91 Å². The Bertz CT molecular complexity index is 1610. The Balaban J connectivity index is 1.45. The molecule has 0 bridgehead atoms. The van der Waals surface area contributed by atoms with Crippen LogP contribution in [0, 0.1) is 5.92 Å². The molecule has 3 N–H and O–H groups in total. The second-order valence-corrected chi connectivity index (χ2v) is 9.47. The van der Waals surface area contributed by atoms with Crippen molar-refractivity contribution in [1.82, 2.24) is 29.3 Å². The first-order valence-corrected chi connectivity index (χ1v) is 11.8. The molecule has 4 aromatic rings. The quantitative estimate of drug-likeness (QED) is 0.356. The van der Waals surface area contributed by atoms with Crippen molar-refractivity contribution < 1.29 is 31.1 Å². The largest absolute Gasteiger partial charge is 0.417 e. The highest BCUT2D eigenvalue weighted by molar-refractivity contribution is 6.09. The summed E-state index contributed by atoms with van der Waals surface area (Å²) >= 11 is 0. The average Bonchev–Trinajstić information content (AvgIpc) is 3.51. The van der Waals surface area contributed by atoms with Gasteiger partial charge in [-0.2, -0.15) is 26.3 Å². The number of nitrogens with two attached hydrogens (primary N) is 1. The van der Waals surface area contributed by atoms with Crippen molar-refractivity contribution in [2.45, 2.75) is 43.5 Å². The number of hydrogen-bond donors (Lipinski definition) is 2. The summed E-state index contributed by atoms with van der Waals surface area (Å²) in [5.41, 5.74) is 4.60. The monoisotopic (exact) mass is 548 g/mol. The van der Waals surface area contributed by atoms with Crippen molar-refractivity contribution in [2.24, 2.45) is 5.92 Å². The van der Waals surface area contributed by atoms with Gasteiger partial charge in [0.1, 0.15) is 22.7 Å². The van der Waals surface area contributed by atoms with E-state index in [0.717, 1.165) is 12.1 Å². The van der Waals surface area contributed by atoms with Crippen molar-refractivity contribution >= 4 is 23.2 Å². The first-order chi connectivity index (χ1) is 18.4. The lowest BCUT2D eigenvalue weighted by Gasteiger charge is -2.27. The number of halogens is 6. The molecule has 1 fully saturated rings. The number of nitrogen functional groups attached to an aromatic ring is 1. The first kappa shape index (κ1) is 25.0. The number of nitrogens with one attached hydrogen (secondary N) is 1. The van der Waals surface area contributed by atoms with E-state index in [9.17, 15) is 31.1 Å². The number of imidazole rings is 1. The summed E-state index contributed by atoms with van der Waals surface area (Å²) < 4.78 is 79.6. The van der Waals surface area contributed by atoms with Crippen molar-refractivity contribution in [3.63, 3.8) is 0 Å². The molecule has 15 heteroatoms. The third-order valence-electron chi connectivity index (χ3n) is 6.92. The molecule has 1 aliphatic carbocycles. The molecule has 0 aromatic carbocycles. The molecule has 1 unspecified atom stereocenters. The van der Waals surface area contributed by atoms with Crippen LogP contribution in [-0.4, -0.2) is 41.4 Å². The molecule has 1 amide bonds. The molecule has 0 radical (unpaired) electrons. The van der Waals surface area contributed by atoms with Gasteiger partial charge in [-0.05, 0) is 30.9 Å². The molecule has 1 saturated carbocycles. The van der Waals surface area contributed by atoms with Crippen LogP contribution in [-0.2, 0) is 22.8 Å².